The number of thioether (sulfide) groups is 1. The first-order valence-electron chi connectivity index (χ1n) is 8.30. The van der Waals surface area contributed by atoms with E-state index in [-0.39, 0.29) is 23.0 Å². The topological polar surface area (TPSA) is 59.8 Å². The molecule has 0 unspecified atom stereocenters. The van der Waals surface area contributed by atoms with Crippen molar-refractivity contribution in [3.63, 3.8) is 0 Å². The smallest absolute Gasteiger partial charge is 0.235 e. The lowest BCUT2D eigenvalue weighted by Crippen LogP contribution is -2.16. The van der Waals surface area contributed by atoms with Crippen LogP contribution in [0.5, 0.6) is 0 Å². The van der Waals surface area contributed by atoms with Gasteiger partial charge in [0.15, 0.2) is 0 Å². The van der Waals surface area contributed by atoms with Crippen LogP contribution in [0.4, 0.5) is 14.6 Å². The highest BCUT2D eigenvalue weighted by Gasteiger charge is 2.16. The maximum absolute atomic E-state index is 13.9. The zero-order valence-corrected chi connectivity index (χ0v) is 16.3. The number of fused-ring (bicyclic) bond motifs is 1. The Kier molecular flexibility index (Phi) is 5.10. The third kappa shape index (κ3) is 3.90. The summed E-state index contributed by atoms with van der Waals surface area (Å²) in [5, 5.41) is 7.64. The third-order valence-corrected chi connectivity index (χ3v) is 5.83. The van der Waals surface area contributed by atoms with E-state index >= 15 is 0 Å². The quantitative estimate of drug-likeness (QED) is 0.475. The van der Waals surface area contributed by atoms with Crippen LogP contribution in [0, 0.1) is 18.6 Å². The van der Waals surface area contributed by atoms with Gasteiger partial charge in [-0.15, -0.1) is 11.8 Å². The number of halogens is 2. The number of thiazole rings is 1. The number of carbonyl (C=O) groups is 1. The van der Waals surface area contributed by atoms with Gasteiger partial charge in [0.25, 0.3) is 0 Å². The van der Waals surface area contributed by atoms with Gasteiger partial charge in [0.05, 0.1) is 16.1 Å². The predicted octanol–water partition coefficient (Wildman–Crippen LogP) is 4.80. The summed E-state index contributed by atoms with van der Waals surface area (Å²) < 4.78 is 29.1. The summed E-state index contributed by atoms with van der Waals surface area (Å²) in [7, 11) is 0. The molecule has 0 radical (unpaired) electrons. The van der Waals surface area contributed by atoms with Crippen LogP contribution in [0.25, 0.3) is 15.3 Å². The van der Waals surface area contributed by atoms with Crippen molar-refractivity contribution < 1.29 is 13.6 Å². The van der Waals surface area contributed by atoms with Crippen molar-refractivity contribution in [2.45, 2.75) is 11.8 Å². The molecule has 0 saturated heterocycles. The molecule has 0 aliphatic carbocycles. The van der Waals surface area contributed by atoms with Crippen molar-refractivity contribution in [1.29, 1.82) is 0 Å². The molecule has 142 valence electrons. The van der Waals surface area contributed by atoms with E-state index in [0.717, 1.165) is 4.90 Å². The lowest BCUT2D eigenvalue weighted by Gasteiger charge is -2.06. The van der Waals surface area contributed by atoms with Crippen LogP contribution >= 0.6 is 23.1 Å². The normalized spacial score (nSPS) is 11.1. The van der Waals surface area contributed by atoms with E-state index in [0.29, 0.717) is 21.3 Å². The molecule has 0 atom stereocenters. The largest absolute Gasteiger partial charge is 0.310 e. The number of nitrogens with zero attached hydrogens (tertiary/aromatic N) is 3. The highest BCUT2D eigenvalue weighted by molar-refractivity contribution is 8.00. The Bertz CT molecular complexity index is 1150. The van der Waals surface area contributed by atoms with Crippen LogP contribution in [0.2, 0.25) is 0 Å². The van der Waals surface area contributed by atoms with Gasteiger partial charge in [0.2, 0.25) is 11.0 Å². The zero-order valence-electron chi connectivity index (χ0n) is 14.6. The van der Waals surface area contributed by atoms with Crippen molar-refractivity contribution in [3.05, 3.63) is 65.9 Å². The van der Waals surface area contributed by atoms with Gasteiger partial charge in [-0.1, -0.05) is 17.4 Å². The fourth-order valence-corrected chi connectivity index (χ4v) is 4.23. The summed E-state index contributed by atoms with van der Waals surface area (Å²) >= 11 is 2.59. The Hall–Kier alpha value is -2.78. The number of rotatable bonds is 5. The molecule has 2 aromatic heterocycles. The Morgan fingerprint density at radius 1 is 1.21 bits per heavy atom. The standard InChI is InChI=1S/C19H14F2N4OS2/c1-11-9-16(22-17(26)10-27-13-7-5-12(20)6-8-13)25(24-11)19-23-18-14(21)3-2-4-15(18)28-19/h2-9H,10H2,1H3,(H,22,26). The van der Waals surface area contributed by atoms with Crippen molar-refractivity contribution in [2.75, 3.05) is 11.1 Å². The van der Waals surface area contributed by atoms with Crippen LogP contribution in [-0.2, 0) is 4.79 Å². The minimum Gasteiger partial charge on any atom is -0.310 e. The average molecular weight is 416 g/mol. The molecule has 1 N–H and O–H groups in total. The van der Waals surface area contributed by atoms with E-state index in [2.05, 4.69) is 15.4 Å². The highest BCUT2D eigenvalue weighted by Crippen LogP contribution is 2.29. The maximum Gasteiger partial charge on any atom is 0.235 e. The van der Waals surface area contributed by atoms with Crippen molar-refractivity contribution >= 4 is 45.0 Å². The van der Waals surface area contributed by atoms with Gasteiger partial charge >= 0.3 is 0 Å². The molecular formula is C19H14F2N4OS2. The van der Waals surface area contributed by atoms with Crippen LogP contribution in [0.1, 0.15) is 5.69 Å². The predicted molar refractivity (Wildman–Crippen MR) is 107 cm³/mol. The number of hydrogen-bond donors (Lipinski definition) is 1. The molecule has 0 aliphatic rings. The van der Waals surface area contributed by atoms with Gasteiger partial charge in [-0.05, 0) is 43.3 Å². The first-order chi connectivity index (χ1) is 13.5. The lowest BCUT2D eigenvalue weighted by molar-refractivity contribution is -0.113. The molecule has 0 saturated carbocycles. The summed E-state index contributed by atoms with van der Waals surface area (Å²) in [6.45, 7) is 1.80. The van der Waals surface area contributed by atoms with Crippen LogP contribution in [0.15, 0.2) is 53.4 Å². The van der Waals surface area contributed by atoms with Crippen LogP contribution in [0.3, 0.4) is 0 Å². The second kappa shape index (κ2) is 7.69. The summed E-state index contributed by atoms with van der Waals surface area (Å²) in [6.07, 6.45) is 0. The van der Waals surface area contributed by atoms with Crippen molar-refractivity contribution in [3.8, 4) is 5.13 Å². The first kappa shape index (κ1) is 18.6. The Balaban J connectivity index is 1.53. The average Bonchev–Trinajstić information content (AvgIpc) is 3.25. The molecule has 4 rings (SSSR count). The Morgan fingerprint density at radius 2 is 2.00 bits per heavy atom. The van der Waals surface area contributed by atoms with Crippen LogP contribution < -0.4 is 5.32 Å². The van der Waals surface area contributed by atoms with E-state index in [4.69, 9.17) is 0 Å². The number of hydrogen-bond acceptors (Lipinski definition) is 5. The van der Waals surface area contributed by atoms with Crippen LogP contribution in [-0.4, -0.2) is 26.4 Å². The first-order valence-corrected chi connectivity index (χ1v) is 10.1. The lowest BCUT2D eigenvalue weighted by atomic mass is 10.3. The molecule has 0 spiro atoms. The van der Waals surface area contributed by atoms with E-state index < -0.39 is 5.82 Å². The van der Waals surface area contributed by atoms with E-state index in [1.54, 1.807) is 37.3 Å². The number of anilines is 1. The van der Waals surface area contributed by atoms with Gasteiger partial charge in [-0.25, -0.2) is 13.8 Å². The molecule has 9 heteroatoms. The van der Waals surface area contributed by atoms with Gasteiger partial charge in [-0.2, -0.15) is 9.78 Å². The van der Waals surface area contributed by atoms with Gasteiger partial charge in [0, 0.05) is 11.0 Å². The van der Waals surface area contributed by atoms with Gasteiger partial charge in [0.1, 0.15) is 23.0 Å². The number of benzene rings is 2. The molecule has 4 aromatic rings. The van der Waals surface area contributed by atoms with Crippen molar-refractivity contribution in [1.82, 2.24) is 14.8 Å². The van der Waals surface area contributed by atoms with Gasteiger partial charge < -0.3 is 5.32 Å². The molecule has 0 fully saturated rings. The molecule has 5 nitrogen and oxygen atoms in total. The number of aryl methyl sites for hydroxylation is 1. The number of amides is 1. The third-order valence-electron chi connectivity index (χ3n) is 3.82. The van der Waals surface area contributed by atoms with E-state index in [9.17, 15) is 13.6 Å². The summed E-state index contributed by atoms with van der Waals surface area (Å²) in [5.74, 6) is -0.334. The summed E-state index contributed by atoms with van der Waals surface area (Å²) in [4.78, 5) is 17.5. The summed E-state index contributed by atoms with van der Waals surface area (Å²) in [6, 6.07) is 12.4. The summed E-state index contributed by atoms with van der Waals surface area (Å²) in [5.41, 5.74) is 0.973. The molecule has 2 heterocycles. The molecule has 28 heavy (non-hydrogen) atoms. The number of nitrogens with one attached hydrogen (secondary N) is 1. The number of carbonyl (C=O) groups excluding carboxylic acids is 1. The SMILES string of the molecule is Cc1cc(NC(=O)CSc2ccc(F)cc2)n(-c2nc3c(F)cccc3s2)n1. The molecule has 0 aliphatic heterocycles. The fraction of sp³-hybridized carbons (Fsp3) is 0.105. The molecule has 2 aromatic carbocycles. The number of aromatic nitrogens is 3. The van der Waals surface area contributed by atoms with Gasteiger partial charge in [-0.3, -0.25) is 4.79 Å². The van der Waals surface area contributed by atoms with Crippen molar-refractivity contribution in [2.24, 2.45) is 0 Å². The molecule has 1 amide bonds. The minimum absolute atomic E-state index is 0.157. The van der Waals surface area contributed by atoms with E-state index in [1.807, 2.05) is 0 Å². The minimum atomic E-state index is -0.398. The molecular weight excluding hydrogens is 402 g/mol. The second-order valence-electron chi connectivity index (χ2n) is 5.96. The Labute approximate surface area is 167 Å². The maximum atomic E-state index is 13.9. The molecule has 0 bridgehead atoms. The fourth-order valence-electron chi connectivity index (χ4n) is 2.59. The highest BCUT2D eigenvalue weighted by atomic mass is 32.2. The van der Waals surface area contributed by atoms with E-state index in [1.165, 1.54) is 46.0 Å². The Morgan fingerprint density at radius 3 is 2.75 bits per heavy atom. The monoisotopic (exact) mass is 416 g/mol. The number of para-hydroxylation sites is 1. The second-order valence-corrected chi connectivity index (χ2v) is 8.01. The zero-order chi connectivity index (χ0) is 19.7.